The predicted molar refractivity (Wildman–Crippen MR) is 61.6 cm³/mol. The number of hydrogen-bond acceptors (Lipinski definition) is 5. The zero-order chi connectivity index (χ0) is 12.9. The molecular formula is C12H22O5. The largest absolute Gasteiger partial charge is 0.346 e. The van der Waals surface area contributed by atoms with Gasteiger partial charge in [0.05, 0.1) is 0 Å². The summed E-state index contributed by atoms with van der Waals surface area (Å²) in [5.41, 5.74) is 0. The van der Waals surface area contributed by atoms with Crippen LogP contribution in [0, 0.1) is 0 Å². The van der Waals surface area contributed by atoms with E-state index < -0.39 is 11.9 Å². The van der Waals surface area contributed by atoms with Crippen molar-refractivity contribution in [3.63, 3.8) is 0 Å². The Kier molecular flexibility index (Phi) is 10.7. The van der Waals surface area contributed by atoms with Crippen molar-refractivity contribution in [2.75, 3.05) is 0 Å². The summed E-state index contributed by atoms with van der Waals surface area (Å²) in [7, 11) is 0. The minimum atomic E-state index is -0.514. The van der Waals surface area contributed by atoms with E-state index in [4.69, 9.17) is 0 Å². The Labute approximate surface area is 102 Å². The van der Waals surface area contributed by atoms with E-state index in [2.05, 4.69) is 14.8 Å². The van der Waals surface area contributed by atoms with Gasteiger partial charge in [-0.25, -0.2) is 9.59 Å². The molecule has 0 aromatic carbocycles. The predicted octanol–water partition coefficient (Wildman–Crippen LogP) is 3.08. The molecule has 0 N–H and O–H groups in total. The Bertz CT molecular complexity index is 193. The maximum absolute atomic E-state index is 11.0. The number of hydrogen-bond donors (Lipinski definition) is 0. The molecule has 0 rings (SSSR count). The van der Waals surface area contributed by atoms with Gasteiger partial charge in [0.2, 0.25) is 0 Å². The van der Waals surface area contributed by atoms with E-state index in [9.17, 15) is 9.59 Å². The van der Waals surface area contributed by atoms with Gasteiger partial charge in [-0.3, -0.25) is 9.78 Å². The lowest BCUT2D eigenvalue weighted by Crippen LogP contribution is -2.10. The van der Waals surface area contributed by atoms with Crippen LogP contribution in [0.25, 0.3) is 0 Å². The van der Waals surface area contributed by atoms with Gasteiger partial charge in [0.25, 0.3) is 0 Å². The average Bonchev–Trinajstić information content (AvgIpc) is 2.30. The second-order valence-corrected chi connectivity index (χ2v) is 3.89. The molecule has 0 aliphatic rings. The molecule has 5 nitrogen and oxygen atoms in total. The van der Waals surface area contributed by atoms with Crippen LogP contribution in [0.5, 0.6) is 0 Å². The number of rotatable bonds is 10. The fraction of sp³-hybridized carbons (Fsp3) is 0.833. The number of carbonyl (C=O) groups excluding carboxylic acids is 2. The summed E-state index contributed by atoms with van der Waals surface area (Å²) in [6.45, 7) is 4.08. The molecule has 0 atom stereocenters. The lowest BCUT2D eigenvalue weighted by molar-refractivity contribution is -0.459. The second-order valence-electron chi connectivity index (χ2n) is 3.89. The van der Waals surface area contributed by atoms with Gasteiger partial charge >= 0.3 is 11.9 Å². The first-order valence-corrected chi connectivity index (χ1v) is 6.27. The van der Waals surface area contributed by atoms with Crippen molar-refractivity contribution in [1.82, 2.24) is 0 Å². The fourth-order valence-electron chi connectivity index (χ4n) is 1.21. The molecule has 17 heavy (non-hydrogen) atoms. The highest BCUT2D eigenvalue weighted by molar-refractivity contribution is 5.69. The van der Waals surface area contributed by atoms with Crippen LogP contribution in [-0.2, 0) is 24.4 Å². The van der Waals surface area contributed by atoms with Crippen LogP contribution < -0.4 is 0 Å². The Balaban J connectivity index is 3.36. The maximum Gasteiger partial charge on any atom is 0.346 e. The Morgan fingerprint density at radius 3 is 1.53 bits per heavy atom. The van der Waals surface area contributed by atoms with Crippen LogP contribution in [0.4, 0.5) is 0 Å². The quantitative estimate of drug-likeness (QED) is 0.337. The number of unbranched alkanes of at least 4 members (excludes halogenated alkanes) is 4. The minimum Gasteiger partial charge on any atom is -0.260 e. The second kappa shape index (κ2) is 11.4. The number of carbonyl (C=O) groups is 2. The minimum absolute atomic E-state index is 0.279. The van der Waals surface area contributed by atoms with Gasteiger partial charge < -0.3 is 0 Å². The van der Waals surface area contributed by atoms with Gasteiger partial charge in [-0.2, -0.15) is 0 Å². The Morgan fingerprint density at radius 2 is 1.18 bits per heavy atom. The first kappa shape index (κ1) is 15.9. The lowest BCUT2D eigenvalue weighted by atomic mass is 10.2. The highest BCUT2D eigenvalue weighted by Gasteiger charge is 2.08. The summed E-state index contributed by atoms with van der Waals surface area (Å²) >= 11 is 0. The van der Waals surface area contributed by atoms with Crippen LogP contribution in [0.15, 0.2) is 0 Å². The first-order chi connectivity index (χ1) is 8.20. The van der Waals surface area contributed by atoms with E-state index in [0.29, 0.717) is 0 Å². The van der Waals surface area contributed by atoms with Crippen molar-refractivity contribution in [1.29, 1.82) is 0 Å². The molecule has 0 saturated carbocycles. The third kappa shape index (κ3) is 11.2. The molecule has 0 radical (unpaired) electrons. The average molecular weight is 246 g/mol. The van der Waals surface area contributed by atoms with E-state index in [1.165, 1.54) is 0 Å². The summed E-state index contributed by atoms with van der Waals surface area (Å²) in [5, 5.41) is 4.12. The highest BCUT2D eigenvalue weighted by Crippen LogP contribution is 2.03. The van der Waals surface area contributed by atoms with E-state index in [0.717, 1.165) is 38.5 Å². The molecule has 0 aromatic heterocycles. The standard InChI is InChI=1S/C12H22O5/c1-3-5-7-9-11(13)15-17-16-12(14)10-8-6-4-2/h3-10H2,1-2H3. The van der Waals surface area contributed by atoms with Crippen LogP contribution in [0.2, 0.25) is 0 Å². The lowest BCUT2D eigenvalue weighted by Gasteiger charge is -2.02. The summed E-state index contributed by atoms with van der Waals surface area (Å²) in [5.74, 6) is -1.03. The molecule has 0 spiro atoms. The van der Waals surface area contributed by atoms with Gasteiger partial charge in [0.15, 0.2) is 0 Å². The van der Waals surface area contributed by atoms with Crippen molar-refractivity contribution in [2.45, 2.75) is 65.2 Å². The zero-order valence-corrected chi connectivity index (χ0v) is 10.7. The Hall–Kier alpha value is -1.10. The summed E-state index contributed by atoms with van der Waals surface area (Å²) < 4.78 is 0. The van der Waals surface area contributed by atoms with Crippen molar-refractivity contribution < 1.29 is 24.4 Å². The zero-order valence-electron chi connectivity index (χ0n) is 10.7. The third-order valence-corrected chi connectivity index (χ3v) is 2.22. The Morgan fingerprint density at radius 1 is 0.765 bits per heavy atom. The van der Waals surface area contributed by atoms with Gasteiger partial charge in [-0.1, -0.05) is 39.5 Å². The van der Waals surface area contributed by atoms with Crippen molar-refractivity contribution in [3.05, 3.63) is 0 Å². The van der Waals surface area contributed by atoms with Crippen molar-refractivity contribution in [2.24, 2.45) is 0 Å². The topological polar surface area (TPSA) is 61.8 Å². The molecule has 5 heteroatoms. The monoisotopic (exact) mass is 246 g/mol. The molecular weight excluding hydrogens is 224 g/mol. The summed E-state index contributed by atoms with van der Waals surface area (Å²) in [6.07, 6.45) is 6.05. The molecule has 0 heterocycles. The molecule has 0 bridgehead atoms. The van der Waals surface area contributed by atoms with E-state index in [1.807, 2.05) is 13.8 Å². The molecule has 100 valence electrons. The van der Waals surface area contributed by atoms with Crippen molar-refractivity contribution in [3.8, 4) is 0 Å². The van der Waals surface area contributed by atoms with Crippen LogP contribution in [0.1, 0.15) is 65.2 Å². The third-order valence-electron chi connectivity index (χ3n) is 2.22. The van der Waals surface area contributed by atoms with Crippen molar-refractivity contribution >= 4 is 11.9 Å². The van der Waals surface area contributed by atoms with Gasteiger partial charge in [0, 0.05) is 17.9 Å². The molecule has 0 aromatic rings. The summed E-state index contributed by atoms with van der Waals surface area (Å²) in [6, 6.07) is 0. The van der Waals surface area contributed by atoms with E-state index >= 15 is 0 Å². The fourth-order valence-corrected chi connectivity index (χ4v) is 1.21. The van der Waals surface area contributed by atoms with Gasteiger partial charge in [-0.05, 0) is 12.8 Å². The maximum atomic E-state index is 11.0. The van der Waals surface area contributed by atoms with Gasteiger partial charge in [0.1, 0.15) is 0 Å². The SMILES string of the molecule is CCCCCC(=O)OOOC(=O)CCCCC. The van der Waals surface area contributed by atoms with Crippen LogP contribution in [0.3, 0.4) is 0 Å². The van der Waals surface area contributed by atoms with Crippen LogP contribution in [-0.4, -0.2) is 11.9 Å². The summed E-state index contributed by atoms with van der Waals surface area (Å²) in [4.78, 5) is 30.6. The smallest absolute Gasteiger partial charge is 0.260 e. The van der Waals surface area contributed by atoms with E-state index in [-0.39, 0.29) is 12.8 Å². The normalized spacial score (nSPS) is 10.0. The molecule has 0 amide bonds. The first-order valence-electron chi connectivity index (χ1n) is 6.27. The van der Waals surface area contributed by atoms with Gasteiger partial charge in [-0.15, -0.1) is 0 Å². The molecule has 0 unspecified atom stereocenters. The van der Waals surface area contributed by atoms with Crippen LogP contribution >= 0.6 is 0 Å². The van der Waals surface area contributed by atoms with E-state index in [1.54, 1.807) is 0 Å². The molecule has 0 aliphatic heterocycles. The molecule has 0 aliphatic carbocycles. The molecule has 0 fully saturated rings. The highest BCUT2D eigenvalue weighted by atomic mass is 17.5. The molecule has 0 saturated heterocycles.